The largest absolute Gasteiger partial charge is 0.467 e. The molecular weight excluding hydrogens is 392 g/mol. The fraction of sp³-hybridized carbons (Fsp3) is 0.318. The van der Waals surface area contributed by atoms with Crippen LogP contribution >= 0.6 is 0 Å². The number of aliphatic imine (C=N–C) groups is 1. The fourth-order valence-electron chi connectivity index (χ4n) is 3.69. The van der Waals surface area contributed by atoms with Gasteiger partial charge in [0, 0.05) is 19.4 Å². The summed E-state index contributed by atoms with van der Waals surface area (Å²) in [7, 11) is 1.30. The zero-order valence-corrected chi connectivity index (χ0v) is 17.0. The van der Waals surface area contributed by atoms with Gasteiger partial charge in [0.1, 0.15) is 17.5 Å². The van der Waals surface area contributed by atoms with Gasteiger partial charge in [-0.1, -0.05) is 30.3 Å². The van der Waals surface area contributed by atoms with Crippen LogP contribution in [0, 0.1) is 11.6 Å². The van der Waals surface area contributed by atoms with Gasteiger partial charge in [0.2, 0.25) is 5.91 Å². The van der Waals surface area contributed by atoms with Gasteiger partial charge in [0.05, 0.1) is 25.4 Å². The number of amides is 1. The molecule has 0 saturated heterocycles. The average molecular weight is 415 g/mol. The second-order valence-corrected chi connectivity index (χ2v) is 7.26. The van der Waals surface area contributed by atoms with Crippen LogP contribution in [-0.4, -0.2) is 42.9 Å². The van der Waals surface area contributed by atoms with Crippen LogP contribution in [-0.2, 0) is 20.7 Å². The van der Waals surface area contributed by atoms with Gasteiger partial charge in [-0.15, -0.1) is 0 Å². The monoisotopic (exact) mass is 415 g/mol. The molecule has 2 unspecified atom stereocenters. The van der Waals surface area contributed by atoms with Crippen LogP contribution in [0.25, 0.3) is 0 Å². The van der Waals surface area contributed by atoms with Crippen LogP contribution in [0.4, 0.5) is 14.5 Å². The Morgan fingerprint density at radius 1 is 1.20 bits per heavy atom. The Morgan fingerprint density at radius 3 is 2.40 bits per heavy atom. The van der Waals surface area contributed by atoms with E-state index in [-0.39, 0.29) is 12.2 Å². The lowest BCUT2D eigenvalue weighted by atomic mass is 9.91. The number of rotatable bonds is 6. The number of carbonyl (C=O) groups is 2. The highest BCUT2D eigenvalue weighted by Crippen LogP contribution is 2.25. The van der Waals surface area contributed by atoms with Crippen LogP contribution in [0.2, 0.25) is 0 Å². The summed E-state index contributed by atoms with van der Waals surface area (Å²) in [5.41, 5.74) is -0.152. The molecule has 2 aromatic rings. The molecule has 1 amide bonds. The van der Waals surface area contributed by atoms with E-state index in [1.807, 2.05) is 30.3 Å². The molecule has 3 rings (SSSR count). The zero-order chi connectivity index (χ0) is 21.9. The lowest BCUT2D eigenvalue weighted by Crippen LogP contribution is -2.58. The molecule has 158 valence electrons. The minimum Gasteiger partial charge on any atom is -0.467 e. The quantitative estimate of drug-likeness (QED) is 0.737. The number of benzene rings is 2. The average Bonchev–Trinajstić information content (AvgIpc) is 3.12. The molecule has 0 spiro atoms. The fourth-order valence-corrected chi connectivity index (χ4v) is 3.69. The van der Waals surface area contributed by atoms with Crippen molar-refractivity contribution < 1.29 is 23.1 Å². The van der Waals surface area contributed by atoms with Gasteiger partial charge < -0.3 is 15.0 Å². The molecule has 1 aliphatic rings. The maximum atomic E-state index is 13.7. The summed E-state index contributed by atoms with van der Waals surface area (Å²) in [6.45, 7) is 3.08. The van der Waals surface area contributed by atoms with Gasteiger partial charge in [-0.05, 0) is 24.6 Å². The predicted octanol–water partition coefficient (Wildman–Crippen LogP) is 2.86. The van der Waals surface area contributed by atoms with Crippen LogP contribution in [0.15, 0.2) is 53.5 Å². The van der Waals surface area contributed by atoms with Crippen molar-refractivity contribution in [3.8, 4) is 0 Å². The van der Waals surface area contributed by atoms with E-state index in [0.717, 1.165) is 23.8 Å². The Labute approximate surface area is 173 Å². The Kier molecular flexibility index (Phi) is 6.14. The van der Waals surface area contributed by atoms with Crippen molar-refractivity contribution >= 4 is 23.4 Å². The molecule has 6 nitrogen and oxygen atoms in total. The van der Waals surface area contributed by atoms with Crippen molar-refractivity contribution in [2.24, 2.45) is 4.99 Å². The predicted molar refractivity (Wildman–Crippen MR) is 109 cm³/mol. The molecule has 2 aromatic carbocycles. The SMILES string of the molecule is COC(=O)C1(Cc2ccccc2)CN=C(C(C)N(C(C)=O)c2cc(F)cc(F)c2)N1. The van der Waals surface area contributed by atoms with E-state index in [0.29, 0.717) is 12.3 Å². The first-order chi connectivity index (χ1) is 14.3. The third-order valence-electron chi connectivity index (χ3n) is 5.06. The minimum atomic E-state index is -1.13. The van der Waals surface area contributed by atoms with Crippen molar-refractivity contribution in [2.75, 3.05) is 18.6 Å². The van der Waals surface area contributed by atoms with E-state index in [2.05, 4.69) is 10.3 Å². The van der Waals surface area contributed by atoms with Gasteiger partial charge in [0.25, 0.3) is 0 Å². The van der Waals surface area contributed by atoms with E-state index in [9.17, 15) is 18.4 Å². The number of nitrogens with one attached hydrogen (secondary N) is 1. The molecule has 0 aliphatic carbocycles. The number of carbonyl (C=O) groups excluding carboxylic acids is 2. The van der Waals surface area contributed by atoms with E-state index in [1.165, 1.54) is 18.9 Å². The third kappa shape index (κ3) is 4.32. The normalized spacial score (nSPS) is 18.9. The highest BCUT2D eigenvalue weighted by Gasteiger charge is 2.45. The highest BCUT2D eigenvalue weighted by molar-refractivity contribution is 6.04. The van der Waals surface area contributed by atoms with Crippen molar-refractivity contribution in [2.45, 2.75) is 31.8 Å². The van der Waals surface area contributed by atoms with E-state index < -0.39 is 35.1 Å². The minimum absolute atomic E-state index is 0.0654. The molecule has 0 radical (unpaired) electrons. The second kappa shape index (κ2) is 8.61. The molecule has 8 heteroatoms. The number of ether oxygens (including phenoxy) is 1. The molecule has 1 N–H and O–H groups in total. The molecule has 1 heterocycles. The third-order valence-corrected chi connectivity index (χ3v) is 5.06. The van der Waals surface area contributed by atoms with Crippen molar-refractivity contribution in [3.05, 3.63) is 65.7 Å². The van der Waals surface area contributed by atoms with E-state index in [1.54, 1.807) is 6.92 Å². The molecule has 1 aliphatic heterocycles. The van der Waals surface area contributed by atoms with Gasteiger partial charge in [0.15, 0.2) is 5.54 Å². The standard InChI is InChI=1S/C22H23F2N3O3/c1-14(27(15(2)28)19-10-17(23)9-18(24)11-19)20-25-13-22(26-20,21(29)30-3)12-16-7-5-4-6-8-16/h4-11,14H,12-13H2,1-3H3,(H,25,26). The highest BCUT2D eigenvalue weighted by atomic mass is 19.1. The zero-order valence-electron chi connectivity index (χ0n) is 17.0. The van der Waals surface area contributed by atoms with E-state index in [4.69, 9.17) is 4.74 Å². The summed E-state index contributed by atoms with van der Waals surface area (Å²) >= 11 is 0. The summed E-state index contributed by atoms with van der Waals surface area (Å²) in [4.78, 5) is 30.6. The van der Waals surface area contributed by atoms with Crippen molar-refractivity contribution in [1.82, 2.24) is 5.32 Å². The summed E-state index contributed by atoms with van der Waals surface area (Å²) in [5, 5.41) is 3.13. The van der Waals surface area contributed by atoms with Crippen molar-refractivity contribution in [3.63, 3.8) is 0 Å². The maximum Gasteiger partial charge on any atom is 0.333 e. The number of esters is 1. The van der Waals surface area contributed by atoms with Crippen LogP contribution in [0.3, 0.4) is 0 Å². The van der Waals surface area contributed by atoms with E-state index >= 15 is 0 Å². The molecule has 0 aromatic heterocycles. The first kappa shape index (κ1) is 21.4. The first-order valence-corrected chi connectivity index (χ1v) is 9.46. The molecule has 2 atom stereocenters. The van der Waals surface area contributed by atoms with Gasteiger partial charge in [-0.2, -0.15) is 0 Å². The van der Waals surface area contributed by atoms with Gasteiger partial charge >= 0.3 is 5.97 Å². The van der Waals surface area contributed by atoms with Gasteiger partial charge in [-0.3, -0.25) is 9.79 Å². The number of anilines is 1. The number of hydrogen-bond acceptors (Lipinski definition) is 5. The number of methoxy groups -OCH3 is 1. The maximum absolute atomic E-state index is 13.7. The van der Waals surface area contributed by atoms with Crippen LogP contribution in [0.5, 0.6) is 0 Å². The lowest BCUT2D eigenvalue weighted by Gasteiger charge is -2.32. The van der Waals surface area contributed by atoms with Gasteiger partial charge in [-0.25, -0.2) is 13.6 Å². The summed E-state index contributed by atoms with van der Waals surface area (Å²) < 4.78 is 32.5. The summed E-state index contributed by atoms with van der Waals surface area (Å²) in [5.74, 6) is -2.13. The Morgan fingerprint density at radius 2 is 1.83 bits per heavy atom. The summed E-state index contributed by atoms with van der Waals surface area (Å²) in [6, 6.07) is 11.6. The molecular formula is C22H23F2N3O3. The van der Waals surface area contributed by atoms with Crippen LogP contribution < -0.4 is 10.2 Å². The topological polar surface area (TPSA) is 71.0 Å². The smallest absolute Gasteiger partial charge is 0.333 e. The molecule has 0 fully saturated rings. The Balaban J connectivity index is 1.89. The summed E-state index contributed by atoms with van der Waals surface area (Å²) in [6.07, 6.45) is 0.328. The lowest BCUT2D eigenvalue weighted by molar-refractivity contribution is -0.147. The number of halogens is 2. The van der Waals surface area contributed by atoms with Crippen LogP contribution in [0.1, 0.15) is 19.4 Å². The molecule has 0 bridgehead atoms. The second-order valence-electron chi connectivity index (χ2n) is 7.26. The van der Waals surface area contributed by atoms with Crippen molar-refractivity contribution in [1.29, 1.82) is 0 Å². The number of nitrogens with zero attached hydrogens (tertiary/aromatic N) is 2. The molecule has 30 heavy (non-hydrogen) atoms. The molecule has 0 saturated carbocycles. The number of amidine groups is 1. The first-order valence-electron chi connectivity index (χ1n) is 9.46. The Bertz CT molecular complexity index is 961. The number of hydrogen-bond donors (Lipinski definition) is 1. The Hall–Kier alpha value is -3.29.